The van der Waals surface area contributed by atoms with Crippen LogP contribution in [0.5, 0.6) is 0 Å². The Morgan fingerprint density at radius 2 is 1.94 bits per heavy atom. The van der Waals surface area contributed by atoms with Crippen LogP contribution in [-0.4, -0.2) is 16.2 Å². The van der Waals surface area contributed by atoms with Gasteiger partial charge in [-0.1, -0.05) is 42.5 Å². The molecule has 0 aliphatic rings. The summed E-state index contributed by atoms with van der Waals surface area (Å²) in [5.74, 6) is 0.455. The molecule has 0 amide bonds. The molecule has 0 saturated heterocycles. The number of carbonyl (C=O) groups is 1. The molecule has 0 aromatic heterocycles. The molecule has 1 aromatic rings. The van der Waals surface area contributed by atoms with Gasteiger partial charge in [-0.2, -0.15) is 0 Å². The largest absolute Gasteiger partial charge is 0.300 e. The molecule has 0 fully saturated rings. The molecule has 1 rings (SSSR count). The molecule has 1 atom stereocenters. The summed E-state index contributed by atoms with van der Waals surface area (Å²) in [4.78, 5) is 11.2. The van der Waals surface area contributed by atoms with Gasteiger partial charge in [-0.15, -0.1) is 11.8 Å². The van der Waals surface area contributed by atoms with E-state index >= 15 is 0 Å². The van der Waals surface area contributed by atoms with Crippen LogP contribution in [-0.2, 0) is 4.79 Å². The number of hydrogen-bond acceptors (Lipinski definition) is 3. The molecule has 0 heterocycles. The number of hydrogen-bond donors (Lipinski definition) is 0. The molecule has 0 aliphatic heterocycles. The molecule has 0 radical (unpaired) electrons. The maximum absolute atomic E-state index is 11.2. The first-order valence-corrected chi connectivity index (χ1v) is 6.88. The normalized spacial score (nSPS) is 12.1. The number of thioether (sulfide) groups is 1. The van der Waals surface area contributed by atoms with E-state index in [-0.39, 0.29) is 11.7 Å². The second-order valence-electron chi connectivity index (χ2n) is 3.79. The standard InChI is InChI=1S/C13H16OS2/c1-10(14)8-12(9-13(15)16-2)11-6-4-3-5-7-11/h3-7,12H,8-9H2,1-2H3. The molecule has 86 valence electrons. The van der Waals surface area contributed by atoms with Crippen LogP contribution in [0.25, 0.3) is 0 Å². The first kappa shape index (κ1) is 13.4. The van der Waals surface area contributed by atoms with E-state index in [9.17, 15) is 4.79 Å². The lowest BCUT2D eigenvalue weighted by Crippen LogP contribution is -2.07. The first-order chi connectivity index (χ1) is 7.63. The Bertz CT molecular complexity index is 359. The number of ketones is 1. The van der Waals surface area contributed by atoms with E-state index in [2.05, 4.69) is 12.1 Å². The molecule has 0 N–H and O–H groups in total. The van der Waals surface area contributed by atoms with Gasteiger partial charge in [0.25, 0.3) is 0 Å². The lowest BCUT2D eigenvalue weighted by Gasteiger charge is -2.15. The quantitative estimate of drug-likeness (QED) is 0.741. The van der Waals surface area contributed by atoms with Crippen LogP contribution in [0, 0.1) is 0 Å². The third-order valence-electron chi connectivity index (χ3n) is 2.45. The number of carbonyl (C=O) groups excluding carboxylic acids is 1. The van der Waals surface area contributed by atoms with Crippen molar-refractivity contribution in [1.82, 2.24) is 0 Å². The Labute approximate surface area is 107 Å². The van der Waals surface area contributed by atoms with E-state index < -0.39 is 0 Å². The summed E-state index contributed by atoms with van der Waals surface area (Å²) in [7, 11) is 0. The van der Waals surface area contributed by atoms with Gasteiger partial charge in [0, 0.05) is 10.6 Å². The van der Waals surface area contributed by atoms with E-state index in [4.69, 9.17) is 12.2 Å². The molecule has 0 aliphatic carbocycles. The van der Waals surface area contributed by atoms with Crippen molar-refractivity contribution in [3.8, 4) is 0 Å². The Balaban J connectivity index is 2.79. The van der Waals surface area contributed by atoms with Crippen molar-refractivity contribution in [2.75, 3.05) is 6.26 Å². The molecule has 1 aromatic carbocycles. The van der Waals surface area contributed by atoms with Crippen molar-refractivity contribution in [2.45, 2.75) is 25.7 Å². The van der Waals surface area contributed by atoms with Gasteiger partial charge in [0.15, 0.2) is 0 Å². The van der Waals surface area contributed by atoms with Gasteiger partial charge in [0.05, 0.1) is 0 Å². The zero-order valence-electron chi connectivity index (χ0n) is 9.60. The van der Waals surface area contributed by atoms with E-state index in [1.807, 2.05) is 24.5 Å². The van der Waals surface area contributed by atoms with Gasteiger partial charge in [0.2, 0.25) is 0 Å². The summed E-state index contributed by atoms with van der Waals surface area (Å²) >= 11 is 6.83. The van der Waals surface area contributed by atoms with Crippen LogP contribution in [0.4, 0.5) is 0 Å². The van der Waals surface area contributed by atoms with Crippen LogP contribution in [0.2, 0.25) is 0 Å². The van der Waals surface area contributed by atoms with Crippen LogP contribution >= 0.6 is 24.0 Å². The average molecular weight is 252 g/mol. The van der Waals surface area contributed by atoms with E-state index in [1.54, 1.807) is 18.7 Å². The summed E-state index contributed by atoms with van der Waals surface area (Å²) in [6.45, 7) is 1.64. The minimum atomic E-state index is 0.220. The third-order valence-corrected chi connectivity index (χ3v) is 3.73. The van der Waals surface area contributed by atoms with Gasteiger partial charge in [-0.25, -0.2) is 0 Å². The highest BCUT2D eigenvalue weighted by molar-refractivity contribution is 8.22. The van der Waals surface area contributed by atoms with Gasteiger partial charge in [-0.05, 0) is 31.1 Å². The van der Waals surface area contributed by atoms with Crippen LogP contribution < -0.4 is 0 Å². The average Bonchev–Trinajstić information content (AvgIpc) is 2.28. The SMILES string of the molecule is CSC(=S)CC(CC(C)=O)c1ccccc1. The zero-order valence-corrected chi connectivity index (χ0v) is 11.2. The summed E-state index contributed by atoms with van der Waals surface area (Å²) < 4.78 is 0.968. The molecular formula is C13H16OS2. The molecule has 0 spiro atoms. The fourth-order valence-corrected chi connectivity index (χ4v) is 2.23. The molecule has 3 heteroatoms. The van der Waals surface area contributed by atoms with Gasteiger partial charge < -0.3 is 4.79 Å². The van der Waals surface area contributed by atoms with Crippen molar-refractivity contribution < 1.29 is 4.79 Å². The zero-order chi connectivity index (χ0) is 12.0. The first-order valence-electron chi connectivity index (χ1n) is 5.24. The monoisotopic (exact) mass is 252 g/mol. The van der Waals surface area contributed by atoms with Crippen molar-refractivity contribution >= 4 is 34.0 Å². The van der Waals surface area contributed by atoms with Crippen molar-refractivity contribution in [3.05, 3.63) is 35.9 Å². The maximum atomic E-state index is 11.2. The molecule has 0 bridgehead atoms. The fraction of sp³-hybridized carbons (Fsp3) is 0.385. The second-order valence-corrected chi connectivity index (χ2v) is 5.45. The maximum Gasteiger partial charge on any atom is 0.130 e. The van der Waals surface area contributed by atoms with E-state index in [0.29, 0.717) is 6.42 Å². The highest BCUT2D eigenvalue weighted by Gasteiger charge is 2.15. The predicted molar refractivity (Wildman–Crippen MR) is 75.2 cm³/mol. The predicted octanol–water partition coefficient (Wildman–Crippen LogP) is 3.83. The highest BCUT2D eigenvalue weighted by atomic mass is 32.2. The molecular weight excluding hydrogens is 236 g/mol. The summed E-state index contributed by atoms with van der Waals surface area (Å²) in [5, 5.41) is 0. The number of Topliss-reactive ketones (excluding diaryl/α,β-unsaturated/α-hetero) is 1. The van der Waals surface area contributed by atoms with Gasteiger partial charge in [-0.3, -0.25) is 0 Å². The Kier molecular flexibility index (Phi) is 5.71. The van der Waals surface area contributed by atoms with E-state index in [0.717, 1.165) is 10.6 Å². The van der Waals surface area contributed by atoms with Crippen LogP contribution in [0.1, 0.15) is 31.2 Å². The highest BCUT2D eigenvalue weighted by Crippen LogP contribution is 2.26. The third kappa shape index (κ3) is 4.45. The van der Waals surface area contributed by atoms with Gasteiger partial charge >= 0.3 is 0 Å². The van der Waals surface area contributed by atoms with Crippen molar-refractivity contribution in [2.24, 2.45) is 0 Å². The van der Waals surface area contributed by atoms with Crippen LogP contribution in [0.3, 0.4) is 0 Å². The van der Waals surface area contributed by atoms with E-state index in [1.165, 1.54) is 5.56 Å². The minimum Gasteiger partial charge on any atom is -0.300 e. The Morgan fingerprint density at radius 3 is 2.44 bits per heavy atom. The Morgan fingerprint density at radius 1 is 1.31 bits per heavy atom. The molecule has 0 saturated carbocycles. The summed E-state index contributed by atoms with van der Waals surface area (Å²) in [6.07, 6.45) is 3.36. The van der Waals surface area contributed by atoms with Crippen molar-refractivity contribution in [3.63, 3.8) is 0 Å². The summed E-state index contributed by atoms with van der Waals surface area (Å²) in [5.41, 5.74) is 1.20. The Hall–Kier alpha value is -0.670. The fourth-order valence-electron chi connectivity index (χ4n) is 1.66. The lowest BCUT2D eigenvalue weighted by atomic mass is 9.92. The number of rotatable bonds is 5. The second kappa shape index (κ2) is 6.81. The minimum absolute atomic E-state index is 0.220. The summed E-state index contributed by atoms with van der Waals surface area (Å²) in [6, 6.07) is 10.1. The van der Waals surface area contributed by atoms with Crippen molar-refractivity contribution in [1.29, 1.82) is 0 Å². The number of benzene rings is 1. The molecule has 16 heavy (non-hydrogen) atoms. The number of thiocarbonyl (C=S) groups is 1. The van der Waals surface area contributed by atoms with Gasteiger partial charge in [0.1, 0.15) is 5.78 Å². The lowest BCUT2D eigenvalue weighted by molar-refractivity contribution is -0.117. The smallest absolute Gasteiger partial charge is 0.130 e. The van der Waals surface area contributed by atoms with Crippen LogP contribution in [0.15, 0.2) is 30.3 Å². The topological polar surface area (TPSA) is 17.1 Å². The molecule has 1 nitrogen and oxygen atoms in total. The molecule has 1 unspecified atom stereocenters.